The SMILES string of the molecule is CCC(CC)C(C)NC(=O)[C@@H](N)CCSC. The molecule has 0 aromatic rings. The van der Waals surface area contributed by atoms with Gasteiger partial charge in [0.05, 0.1) is 6.04 Å². The Morgan fingerprint density at radius 2 is 1.94 bits per heavy atom. The van der Waals surface area contributed by atoms with Crippen LogP contribution in [0.2, 0.25) is 0 Å². The molecule has 0 aliphatic heterocycles. The van der Waals surface area contributed by atoms with Gasteiger partial charge in [0.25, 0.3) is 0 Å². The molecule has 0 bridgehead atoms. The lowest BCUT2D eigenvalue weighted by atomic mass is 9.95. The van der Waals surface area contributed by atoms with E-state index in [0.29, 0.717) is 5.92 Å². The zero-order valence-corrected chi connectivity index (χ0v) is 11.8. The number of thioether (sulfide) groups is 1. The number of nitrogens with one attached hydrogen (secondary N) is 1. The molecule has 0 rings (SSSR count). The van der Waals surface area contributed by atoms with E-state index in [0.717, 1.165) is 25.0 Å². The number of carbonyl (C=O) groups is 1. The van der Waals surface area contributed by atoms with Crippen molar-refractivity contribution in [3.05, 3.63) is 0 Å². The molecule has 96 valence electrons. The van der Waals surface area contributed by atoms with Crippen molar-refractivity contribution in [2.45, 2.75) is 52.1 Å². The lowest BCUT2D eigenvalue weighted by Crippen LogP contribution is -2.46. The van der Waals surface area contributed by atoms with Crippen LogP contribution in [0.1, 0.15) is 40.0 Å². The van der Waals surface area contributed by atoms with E-state index in [9.17, 15) is 4.79 Å². The summed E-state index contributed by atoms with van der Waals surface area (Å²) in [5.41, 5.74) is 5.81. The predicted molar refractivity (Wildman–Crippen MR) is 72.7 cm³/mol. The molecule has 0 aliphatic carbocycles. The van der Waals surface area contributed by atoms with Crippen molar-refractivity contribution in [2.75, 3.05) is 12.0 Å². The van der Waals surface area contributed by atoms with Gasteiger partial charge in [0.1, 0.15) is 0 Å². The van der Waals surface area contributed by atoms with Crippen LogP contribution in [0, 0.1) is 5.92 Å². The first-order valence-corrected chi connectivity index (χ1v) is 7.51. The summed E-state index contributed by atoms with van der Waals surface area (Å²) in [6, 6.07) is -0.132. The average Bonchev–Trinajstić information content (AvgIpc) is 2.27. The van der Waals surface area contributed by atoms with Crippen LogP contribution in [0.4, 0.5) is 0 Å². The highest BCUT2D eigenvalue weighted by Crippen LogP contribution is 2.12. The van der Waals surface area contributed by atoms with E-state index in [1.54, 1.807) is 11.8 Å². The summed E-state index contributed by atoms with van der Waals surface area (Å²) >= 11 is 1.72. The molecular weight excluding hydrogens is 220 g/mol. The Morgan fingerprint density at radius 3 is 2.38 bits per heavy atom. The minimum Gasteiger partial charge on any atom is -0.352 e. The molecule has 0 aromatic heterocycles. The lowest BCUT2D eigenvalue weighted by molar-refractivity contribution is -0.123. The van der Waals surface area contributed by atoms with Gasteiger partial charge in [0, 0.05) is 6.04 Å². The summed E-state index contributed by atoms with van der Waals surface area (Å²) in [4.78, 5) is 11.8. The van der Waals surface area contributed by atoms with E-state index in [1.165, 1.54) is 0 Å². The third-order valence-corrected chi connectivity index (χ3v) is 3.74. The van der Waals surface area contributed by atoms with Crippen molar-refractivity contribution in [3.63, 3.8) is 0 Å². The summed E-state index contributed by atoms with van der Waals surface area (Å²) in [6.45, 7) is 6.38. The highest BCUT2D eigenvalue weighted by atomic mass is 32.2. The molecule has 0 radical (unpaired) electrons. The van der Waals surface area contributed by atoms with Crippen LogP contribution in [0.25, 0.3) is 0 Å². The fourth-order valence-corrected chi connectivity index (χ4v) is 2.31. The highest BCUT2D eigenvalue weighted by Gasteiger charge is 2.19. The van der Waals surface area contributed by atoms with Crippen LogP contribution in [0.5, 0.6) is 0 Å². The number of hydrogen-bond acceptors (Lipinski definition) is 3. The predicted octanol–water partition coefficient (Wildman–Crippen LogP) is 2.01. The zero-order chi connectivity index (χ0) is 12.6. The molecule has 0 saturated heterocycles. The van der Waals surface area contributed by atoms with Crippen molar-refractivity contribution in [3.8, 4) is 0 Å². The van der Waals surface area contributed by atoms with Gasteiger partial charge in [0.15, 0.2) is 0 Å². The first-order chi connectivity index (χ1) is 7.56. The number of rotatable bonds is 8. The number of carbonyl (C=O) groups excluding carboxylic acids is 1. The van der Waals surface area contributed by atoms with Crippen molar-refractivity contribution < 1.29 is 4.79 Å². The van der Waals surface area contributed by atoms with Crippen molar-refractivity contribution in [2.24, 2.45) is 11.7 Å². The second kappa shape index (κ2) is 8.88. The summed E-state index contributed by atoms with van der Waals surface area (Å²) in [6.07, 6.45) is 4.97. The van der Waals surface area contributed by atoms with Gasteiger partial charge in [-0.2, -0.15) is 11.8 Å². The molecular formula is C12H26N2OS. The summed E-state index contributed by atoms with van der Waals surface area (Å²) in [5, 5.41) is 3.02. The van der Waals surface area contributed by atoms with E-state index in [1.807, 2.05) is 6.26 Å². The average molecular weight is 246 g/mol. The first kappa shape index (κ1) is 15.8. The third-order valence-electron chi connectivity index (χ3n) is 3.10. The molecule has 2 atom stereocenters. The Morgan fingerprint density at radius 1 is 1.38 bits per heavy atom. The van der Waals surface area contributed by atoms with Gasteiger partial charge < -0.3 is 11.1 Å². The molecule has 4 heteroatoms. The normalized spacial score (nSPS) is 14.9. The Bertz CT molecular complexity index is 195. The molecule has 0 spiro atoms. The molecule has 0 heterocycles. The fourth-order valence-electron chi connectivity index (χ4n) is 1.82. The molecule has 16 heavy (non-hydrogen) atoms. The Balaban J connectivity index is 4.01. The van der Waals surface area contributed by atoms with Gasteiger partial charge >= 0.3 is 0 Å². The van der Waals surface area contributed by atoms with E-state index < -0.39 is 0 Å². The van der Waals surface area contributed by atoms with Crippen LogP contribution >= 0.6 is 11.8 Å². The Hall–Kier alpha value is -0.220. The van der Waals surface area contributed by atoms with Crippen LogP contribution in [0.15, 0.2) is 0 Å². The molecule has 3 N–H and O–H groups in total. The second-order valence-electron chi connectivity index (χ2n) is 4.26. The van der Waals surface area contributed by atoms with E-state index in [2.05, 4.69) is 26.1 Å². The maximum atomic E-state index is 11.8. The molecule has 0 aliphatic rings. The molecule has 0 fully saturated rings. The topological polar surface area (TPSA) is 55.1 Å². The monoisotopic (exact) mass is 246 g/mol. The van der Waals surface area contributed by atoms with Crippen LogP contribution in [-0.2, 0) is 4.79 Å². The van der Waals surface area contributed by atoms with Crippen LogP contribution < -0.4 is 11.1 Å². The van der Waals surface area contributed by atoms with Crippen molar-refractivity contribution >= 4 is 17.7 Å². The maximum absolute atomic E-state index is 11.8. The van der Waals surface area contributed by atoms with E-state index in [4.69, 9.17) is 5.73 Å². The lowest BCUT2D eigenvalue weighted by Gasteiger charge is -2.24. The van der Waals surface area contributed by atoms with Crippen molar-refractivity contribution in [1.29, 1.82) is 0 Å². The molecule has 3 nitrogen and oxygen atoms in total. The number of amides is 1. The number of nitrogens with two attached hydrogens (primary N) is 1. The Labute approximate surface area is 104 Å². The molecule has 1 amide bonds. The second-order valence-corrected chi connectivity index (χ2v) is 5.25. The minimum absolute atomic E-state index is 0.00606. The Kier molecular flexibility index (Phi) is 8.76. The van der Waals surface area contributed by atoms with Crippen LogP contribution in [0.3, 0.4) is 0 Å². The number of hydrogen-bond donors (Lipinski definition) is 2. The fraction of sp³-hybridized carbons (Fsp3) is 0.917. The standard InChI is InChI=1S/C12H26N2OS/c1-5-10(6-2)9(3)14-12(15)11(13)7-8-16-4/h9-11H,5-8,13H2,1-4H3,(H,14,15)/t9?,11-/m0/s1. The van der Waals surface area contributed by atoms with Gasteiger partial charge in [-0.15, -0.1) is 0 Å². The minimum atomic E-state index is -0.357. The summed E-state index contributed by atoms with van der Waals surface area (Å²) < 4.78 is 0. The molecule has 1 unspecified atom stereocenters. The summed E-state index contributed by atoms with van der Waals surface area (Å²) in [7, 11) is 0. The smallest absolute Gasteiger partial charge is 0.237 e. The highest BCUT2D eigenvalue weighted by molar-refractivity contribution is 7.98. The van der Waals surface area contributed by atoms with E-state index in [-0.39, 0.29) is 18.0 Å². The quantitative estimate of drug-likeness (QED) is 0.689. The maximum Gasteiger partial charge on any atom is 0.237 e. The molecule has 0 aromatic carbocycles. The largest absolute Gasteiger partial charge is 0.352 e. The van der Waals surface area contributed by atoms with Gasteiger partial charge in [-0.25, -0.2) is 0 Å². The summed E-state index contributed by atoms with van der Waals surface area (Å²) in [5.74, 6) is 1.48. The first-order valence-electron chi connectivity index (χ1n) is 6.11. The molecule has 0 saturated carbocycles. The van der Waals surface area contributed by atoms with Gasteiger partial charge in [-0.1, -0.05) is 26.7 Å². The van der Waals surface area contributed by atoms with Gasteiger partial charge in [-0.05, 0) is 31.3 Å². The zero-order valence-electron chi connectivity index (χ0n) is 11.0. The van der Waals surface area contributed by atoms with E-state index >= 15 is 0 Å². The third kappa shape index (κ3) is 5.75. The van der Waals surface area contributed by atoms with Crippen molar-refractivity contribution in [1.82, 2.24) is 5.32 Å². The van der Waals surface area contributed by atoms with Crippen LogP contribution in [-0.4, -0.2) is 30.0 Å². The van der Waals surface area contributed by atoms with Gasteiger partial charge in [-0.3, -0.25) is 4.79 Å². The van der Waals surface area contributed by atoms with Gasteiger partial charge in [0.2, 0.25) is 5.91 Å².